The summed E-state index contributed by atoms with van der Waals surface area (Å²) >= 11 is 1.71. The van der Waals surface area contributed by atoms with E-state index in [0.29, 0.717) is 18.8 Å². The van der Waals surface area contributed by atoms with Crippen molar-refractivity contribution >= 4 is 17.7 Å². The number of rotatable bonds is 4. The highest BCUT2D eigenvalue weighted by atomic mass is 32.2. The summed E-state index contributed by atoms with van der Waals surface area (Å²) in [5.74, 6) is 1.16. The van der Waals surface area contributed by atoms with Crippen molar-refractivity contribution in [1.82, 2.24) is 4.90 Å². The maximum Gasteiger partial charge on any atom is 0.289 e. The molecule has 1 fully saturated rings. The Kier molecular flexibility index (Phi) is 5.01. The van der Waals surface area contributed by atoms with Crippen molar-refractivity contribution in [3.8, 4) is 0 Å². The molecular formula is C19H24N2O2S. The Balaban J connectivity index is 1.69. The lowest BCUT2D eigenvalue weighted by Crippen LogP contribution is -2.54. The van der Waals surface area contributed by atoms with E-state index in [1.54, 1.807) is 18.0 Å². The molecule has 2 heterocycles. The van der Waals surface area contributed by atoms with E-state index in [9.17, 15) is 4.79 Å². The van der Waals surface area contributed by atoms with Crippen LogP contribution in [0.4, 0.5) is 0 Å². The lowest BCUT2D eigenvalue weighted by molar-refractivity contribution is 0.0502. The monoisotopic (exact) mass is 344 g/mol. The minimum atomic E-state index is -0.0700. The van der Waals surface area contributed by atoms with Crippen LogP contribution in [0.15, 0.2) is 52.0 Å². The van der Waals surface area contributed by atoms with Crippen LogP contribution in [0.3, 0.4) is 0 Å². The summed E-state index contributed by atoms with van der Waals surface area (Å²) in [5, 5.41) is 0. The number of thioether (sulfide) groups is 1. The van der Waals surface area contributed by atoms with Crippen LogP contribution >= 0.6 is 11.8 Å². The normalized spacial score (nSPS) is 20.1. The van der Waals surface area contributed by atoms with Crippen molar-refractivity contribution in [1.29, 1.82) is 0 Å². The molecule has 0 radical (unpaired) electrons. The van der Waals surface area contributed by atoms with Crippen LogP contribution in [-0.4, -0.2) is 29.9 Å². The summed E-state index contributed by atoms with van der Waals surface area (Å²) in [5.41, 5.74) is 7.05. The topological polar surface area (TPSA) is 59.5 Å². The van der Waals surface area contributed by atoms with Gasteiger partial charge in [-0.25, -0.2) is 0 Å². The number of nitrogens with zero attached hydrogens (tertiary/aromatic N) is 1. The summed E-state index contributed by atoms with van der Waals surface area (Å²) in [6, 6.07) is 12.2. The molecule has 4 nitrogen and oxygen atoms in total. The Bertz CT molecular complexity index is 696. The Hall–Kier alpha value is -1.72. The Labute approximate surface area is 147 Å². The molecule has 3 rings (SSSR count). The average Bonchev–Trinajstić information content (AvgIpc) is 3.04. The van der Waals surface area contributed by atoms with Gasteiger partial charge in [0.1, 0.15) is 0 Å². The molecule has 1 saturated heterocycles. The van der Waals surface area contributed by atoms with E-state index in [1.165, 1.54) is 4.90 Å². The van der Waals surface area contributed by atoms with Crippen LogP contribution in [-0.2, 0) is 5.75 Å². The maximum absolute atomic E-state index is 12.9. The molecule has 2 N–H and O–H groups in total. The molecule has 2 aromatic rings. The van der Waals surface area contributed by atoms with Crippen molar-refractivity contribution in [2.45, 2.75) is 37.0 Å². The largest absolute Gasteiger partial charge is 0.459 e. The first-order valence-electron chi connectivity index (χ1n) is 8.26. The van der Waals surface area contributed by atoms with Crippen molar-refractivity contribution < 1.29 is 9.21 Å². The Morgan fingerprint density at radius 1 is 1.33 bits per heavy atom. The quantitative estimate of drug-likeness (QED) is 0.858. The van der Waals surface area contributed by atoms with Gasteiger partial charge < -0.3 is 15.1 Å². The second-order valence-corrected chi connectivity index (χ2v) is 8.04. The van der Waals surface area contributed by atoms with Gasteiger partial charge in [-0.05, 0) is 30.0 Å². The molecule has 128 valence electrons. The second-order valence-electron chi connectivity index (χ2n) is 6.99. The van der Waals surface area contributed by atoms with Gasteiger partial charge in [0.2, 0.25) is 0 Å². The third-order valence-corrected chi connectivity index (χ3v) is 5.74. The highest BCUT2D eigenvalue weighted by Gasteiger charge is 2.36. The first kappa shape index (κ1) is 17.1. The summed E-state index contributed by atoms with van der Waals surface area (Å²) in [7, 11) is 0. The predicted octanol–water partition coefficient (Wildman–Crippen LogP) is 3.77. The molecular weight excluding hydrogens is 320 g/mol. The van der Waals surface area contributed by atoms with Gasteiger partial charge in [0.25, 0.3) is 5.91 Å². The fourth-order valence-electron chi connectivity index (χ4n) is 3.01. The van der Waals surface area contributed by atoms with Gasteiger partial charge in [-0.1, -0.05) is 32.0 Å². The van der Waals surface area contributed by atoms with E-state index in [2.05, 4.69) is 26.0 Å². The number of carbonyl (C=O) groups excluding carboxylic acids is 1. The lowest BCUT2D eigenvalue weighted by atomic mass is 9.79. The molecule has 1 amide bonds. The van der Waals surface area contributed by atoms with Gasteiger partial charge in [0, 0.05) is 35.3 Å². The van der Waals surface area contributed by atoms with E-state index in [0.717, 1.165) is 17.7 Å². The maximum atomic E-state index is 12.9. The van der Waals surface area contributed by atoms with Crippen LogP contribution in [0.25, 0.3) is 0 Å². The number of furan rings is 1. The summed E-state index contributed by atoms with van der Waals surface area (Å²) in [6.45, 7) is 5.59. The lowest BCUT2D eigenvalue weighted by Gasteiger charge is -2.42. The molecule has 0 aliphatic carbocycles. The fourth-order valence-corrected chi connectivity index (χ4v) is 3.90. The average molecular weight is 344 g/mol. The smallest absolute Gasteiger partial charge is 0.289 e. The van der Waals surface area contributed by atoms with Crippen molar-refractivity contribution in [2.24, 2.45) is 11.1 Å². The predicted molar refractivity (Wildman–Crippen MR) is 97.0 cm³/mol. The molecule has 0 bridgehead atoms. The minimum absolute atomic E-state index is 0.0244. The number of likely N-dealkylation sites (tertiary alicyclic amines) is 1. The van der Waals surface area contributed by atoms with Crippen LogP contribution in [0.1, 0.15) is 36.4 Å². The molecule has 24 heavy (non-hydrogen) atoms. The third kappa shape index (κ3) is 3.68. The number of hydrogen-bond donors (Lipinski definition) is 1. The molecule has 1 aromatic heterocycles. The van der Waals surface area contributed by atoms with Crippen LogP contribution in [0.2, 0.25) is 0 Å². The number of amides is 1. The van der Waals surface area contributed by atoms with E-state index in [-0.39, 0.29) is 17.4 Å². The van der Waals surface area contributed by atoms with Crippen molar-refractivity contribution in [2.75, 3.05) is 13.1 Å². The van der Waals surface area contributed by atoms with Gasteiger partial charge in [-0.3, -0.25) is 4.79 Å². The molecule has 1 aliphatic rings. The third-order valence-electron chi connectivity index (χ3n) is 4.68. The van der Waals surface area contributed by atoms with Crippen LogP contribution in [0.5, 0.6) is 0 Å². The van der Waals surface area contributed by atoms with Crippen molar-refractivity contribution in [3.05, 3.63) is 54.0 Å². The SMILES string of the molecule is CC1(C)CN(C(=O)c2occc2CSc2ccccc2)CCC1N. The zero-order valence-electron chi connectivity index (χ0n) is 14.2. The summed E-state index contributed by atoms with van der Waals surface area (Å²) in [6.07, 6.45) is 2.43. The van der Waals surface area contributed by atoms with Gasteiger partial charge in [0.05, 0.1) is 6.26 Å². The molecule has 1 atom stereocenters. The summed E-state index contributed by atoms with van der Waals surface area (Å²) in [4.78, 5) is 15.9. The first-order valence-corrected chi connectivity index (χ1v) is 9.25. The number of nitrogens with two attached hydrogens (primary N) is 1. The fraction of sp³-hybridized carbons (Fsp3) is 0.421. The molecule has 0 spiro atoms. The molecule has 5 heteroatoms. The Morgan fingerprint density at radius 3 is 2.79 bits per heavy atom. The van der Waals surface area contributed by atoms with Gasteiger partial charge in [-0.2, -0.15) is 0 Å². The van der Waals surface area contributed by atoms with E-state index >= 15 is 0 Å². The number of hydrogen-bond acceptors (Lipinski definition) is 4. The minimum Gasteiger partial charge on any atom is -0.459 e. The second kappa shape index (κ2) is 7.03. The van der Waals surface area contributed by atoms with E-state index < -0.39 is 0 Å². The van der Waals surface area contributed by atoms with Gasteiger partial charge in [-0.15, -0.1) is 11.8 Å². The highest BCUT2D eigenvalue weighted by Crippen LogP contribution is 2.30. The molecule has 0 saturated carbocycles. The van der Waals surface area contributed by atoms with Gasteiger partial charge in [0.15, 0.2) is 5.76 Å². The summed E-state index contributed by atoms with van der Waals surface area (Å²) < 4.78 is 5.53. The number of piperidine rings is 1. The zero-order valence-corrected chi connectivity index (χ0v) is 15.0. The Morgan fingerprint density at radius 2 is 2.08 bits per heavy atom. The standard InChI is InChI=1S/C19H24N2O2S/c1-19(2)13-21(10-8-16(19)20)18(22)17-14(9-11-23-17)12-24-15-6-4-3-5-7-15/h3-7,9,11,16H,8,10,12-13,20H2,1-2H3. The number of benzene rings is 1. The van der Waals surface area contributed by atoms with E-state index in [4.69, 9.17) is 10.2 Å². The first-order chi connectivity index (χ1) is 11.5. The zero-order chi connectivity index (χ0) is 17.2. The van der Waals surface area contributed by atoms with Crippen LogP contribution < -0.4 is 5.73 Å². The van der Waals surface area contributed by atoms with Crippen LogP contribution in [0, 0.1) is 5.41 Å². The highest BCUT2D eigenvalue weighted by molar-refractivity contribution is 7.98. The van der Waals surface area contributed by atoms with Gasteiger partial charge >= 0.3 is 0 Å². The molecule has 1 aliphatic heterocycles. The number of carbonyl (C=O) groups is 1. The molecule has 1 aromatic carbocycles. The van der Waals surface area contributed by atoms with Crippen molar-refractivity contribution in [3.63, 3.8) is 0 Å². The van der Waals surface area contributed by atoms with E-state index in [1.807, 2.05) is 29.2 Å². The molecule has 1 unspecified atom stereocenters.